The fraction of sp³-hybridized carbons (Fsp3) is 0.423. The van der Waals surface area contributed by atoms with Crippen LogP contribution in [0.5, 0.6) is 5.75 Å². The lowest BCUT2D eigenvalue weighted by atomic mass is 10.1. The average Bonchev–Trinajstić information content (AvgIpc) is 2.86. The highest BCUT2D eigenvalue weighted by molar-refractivity contribution is 5.91. The molecule has 0 aliphatic rings. The normalized spacial score (nSPS) is 11.9. The number of aromatic nitrogens is 2. The van der Waals surface area contributed by atoms with Crippen LogP contribution in [0.15, 0.2) is 53.3 Å². The molecule has 182 valence electrons. The maximum atomic E-state index is 13.6. The molecule has 0 aliphatic carbocycles. The molecular weight excluding hydrogens is 432 g/mol. The summed E-state index contributed by atoms with van der Waals surface area (Å²) >= 11 is 0. The molecule has 0 saturated carbocycles. The number of amides is 2. The lowest BCUT2D eigenvalue weighted by Crippen LogP contribution is -2.42. The Balaban J connectivity index is 2.07. The van der Waals surface area contributed by atoms with E-state index in [4.69, 9.17) is 14.5 Å². The standard InChI is InChI=1S/C26H34N4O4/c1-5-7-16-29(26(32)28-21-14-10-11-15-23(21)34-4)22(6-2)24-27-20-13-9-8-12-19(20)25(31)30(24)17-18-33-3/h8-15,22H,5-7,16-18H2,1-4H3,(H,28,32). The number of para-hydroxylation sites is 3. The third-order valence-corrected chi connectivity index (χ3v) is 5.83. The van der Waals surface area contributed by atoms with Crippen molar-refractivity contribution >= 4 is 22.6 Å². The Labute approximate surface area is 200 Å². The summed E-state index contributed by atoms with van der Waals surface area (Å²) in [5.74, 6) is 1.15. The number of nitrogens with one attached hydrogen (secondary N) is 1. The van der Waals surface area contributed by atoms with Gasteiger partial charge in [0.2, 0.25) is 0 Å². The minimum absolute atomic E-state index is 0.128. The smallest absolute Gasteiger partial charge is 0.322 e. The van der Waals surface area contributed by atoms with E-state index in [2.05, 4.69) is 12.2 Å². The number of methoxy groups -OCH3 is 2. The minimum Gasteiger partial charge on any atom is -0.495 e. The highest BCUT2D eigenvalue weighted by Gasteiger charge is 2.28. The van der Waals surface area contributed by atoms with Crippen molar-refractivity contribution in [1.29, 1.82) is 0 Å². The highest BCUT2D eigenvalue weighted by Crippen LogP contribution is 2.28. The quantitative estimate of drug-likeness (QED) is 0.437. The number of benzene rings is 2. The molecule has 0 radical (unpaired) electrons. The van der Waals surface area contributed by atoms with Crippen LogP contribution in [-0.2, 0) is 11.3 Å². The molecule has 0 saturated heterocycles. The number of ether oxygens (including phenoxy) is 2. The Kier molecular flexibility index (Phi) is 9.04. The van der Waals surface area contributed by atoms with Crippen molar-refractivity contribution in [3.05, 3.63) is 64.7 Å². The Bertz CT molecular complexity index is 1160. The van der Waals surface area contributed by atoms with Crippen molar-refractivity contribution in [2.75, 3.05) is 32.7 Å². The Morgan fingerprint density at radius 2 is 1.85 bits per heavy atom. The van der Waals surface area contributed by atoms with Gasteiger partial charge in [0.15, 0.2) is 0 Å². The SMILES string of the molecule is CCCCN(C(=O)Nc1ccccc1OC)C(CC)c1nc2ccccc2c(=O)n1CCOC. The van der Waals surface area contributed by atoms with Crippen LogP contribution >= 0.6 is 0 Å². The molecular formula is C26H34N4O4. The summed E-state index contributed by atoms with van der Waals surface area (Å²) in [6, 6.07) is 14.0. The van der Waals surface area contributed by atoms with Gasteiger partial charge >= 0.3 is 6.03 Å². The second kappa shape index (κ2) is 12.2. The first kappa shape index (κ1) is 25.2. The zero-order chi connectivity index (χ0) is 24.5. The Morgan fingerprint density at radius 1 is 1.12 bits per heavy atom. The molecule has 1 N–H and O–H groups in total. The van der Waals surface area contributed by atoms with Crippen LogP contribution < -0.4 is 15.6 Å². The van der Waals surface area contributed by atoms with E-state index >= 15 is 0 Å². The second-order valence-corrected chi connectivity index (χ2v) is 8.04. The zero-order valence-electron chi connectivity index (χ0n) is 20.4. The van der Waals surface area contributed by atoms with Crippen molar-refractivity contribution in [2.24, 2.45) is 0 Å². The number of fused-ring (bicyclic) bond motifs is 1. The molecule has 1 heterocycles. The molecule has 1 atom stereocenters. The summed E-state index contributed by atoms with van der Waals surface area (Å²) in [5, 5.41) is 3.54. The predicted octanol–water partition coefficient (Wildman–Crippen LogP) is 4.84. The van der Waals surface area contributed by atoms with E-state index in [-0.39, 0.29) is 11.6 Å². The number of unbranched alkanes of at least 4 members (excludes halogenated alkanes) is 1. The second-order valence-electron chi connectivity index (χ2n) is 8.04. The van der Waals surface area contributed by atoms with Gasteiger partial charge in [0.1, 0.15) is 11.6 Å². The molecule has 3 rings (SSSR count). The van der Waals surface area contributed by atoms with Crippen LogP contribution in [0.3, 0.4) is 0 Å². The fourth-order valence-electron chi connectivity index (χ4n) is 4.04. The van der Waals surface area contributed by atoms with Crippen LogP contribution in [0, 0.1) is 0 Å². The number of nitrogens with zero attached hydrogens (tertiary/aromatic N) is 3. The summed E-state index contributed by atoms with van der Waals surface area (Å²) < 4.78 is 12.3. The van der Waals surface area contributed by atoms with E-state index in [9.17, 15) is 9.59 Å². The fourth-order valence-corrected chi connectivity index (χ4v) is 4.04. The van der Waals surface area contributed by atoms with Crippen LogP contribution in [-0.4, -0.2) is 47.9 Å². The lowest BCUT2D eigenvalue weighted by Gasteiger charge is -2.32. The highest BCUT2D eigenvalue weighted by atomic mass is 16.5. The summed E-state index contributed by atoms with van der Waals surface area (Å²) in [5.41, 5.74) is 1.08. The first-order valence-electron chi connectivity index (χ1n) is 11.7. The third kappa shape index (κ3) is 5.56. The summed E-state index contributed by atoms with van der Waals surface area (Å²) in [4.78, 5) is 33.6. The van der Waals surface area contributed by atoms with Crippen molar-refractivity contribution in [2.45, 2.75) is 45.7 Å². The van der Waals surface area contributed by atoms with Gasteiger partial charge in [-0.2, -0.15) is 0 Å². The number of anilines is 1. The van der Waals surface area contributed by atoms with Gasteiger partial charge in [-0.3, -0.25) is 9.36 Å². The molecule has 3 aromatic rings. The van der Waals surface area contributed by atoms with E-state index in [1.165, 1.54) is 0 Å². The molecule has 8 nitrogen and oxygen atoms in total. The van der Waals surface area contributed by atoms with E-state index in [0.29, 0.717) is 54.3 Å². The van der Waals surface area contributed by atoms with Crippen molar-refractivity contribution in [3.8, 4) is 5.75 Å². The molecule has 1 aromatic heterocycles. The topological polar surface area (TPSA) is 85.7 Å². The van der Waals surface area contributed by atoms with Gasteiger partial charge < -0.3 is 19.7 Å². The van der Waals surface area contributed by atoms with Crippen molar-refractivity contribution in [3.63, 3.8) is 0 Å². The first-order chi connectivity index (χ1) is 16.5. The number of hydrogen-bond acceptors (Lipinski definition) is 5. The van der Waals surface area contributed by atoms with Gasteiger partial charge in [-0.25, -0.2) is 9.78 Å². The van der Waals surface area contributed by atoms with Crippen LogP contribution in [0.1, 0.15) is 45.0 Å². The van der Waals surface area contributed by atoms with Gasteiger partial charge in [0.05, 0.1) is 42.9 Å². The molecule has 2 aromatic carbocycles. The number of hydrogen-bond donors (Lipinski definition) is 1. The molecule has 2 amide bonds. The lowest BCUT2D eigenvalue weighted by molar-refractivity contribution is 0.168. The van der Waals surface area contributed by atoms with E-state index in [0.717, 1.165) is 12.8 Å². The predicted molar refractivity (Wildman–Crippen MR) is 135 cm³/mol. The van der Waals surface area contributed by atoms with Gasteiger partial charge in [0.25, 0.3) is 5.56 Å². The summed E-state index contributed by atoms with van der Waals surface area (Å²) in [6.45, 7) is 5.34. The van der Waals surface area contributed by atoms with Crippen molar-refractivity contribution < 1.29 is 14.3 Å². The average molecular weight is 467 g/mol. The van der Waals surface area contributed by atoms with Gasteiger partial charge in [-0.05, 0) is 37.1 Å². The van der Waals surface area contributed by atoms with Crippen LogP contribution in [0.25, 0.3) is 10.9 Å². The van der Waals surface area contributed by atoms with Crippen LogP contribution in [0.2, 0.25) is 0 Å². The number of carbonyl (C=O) groups is 1. The van der Waals surface area contributed by atoms with E-state index in [1.54, 1.807) is 41.9 Å². The number of urea groups is 1. The maximum absolute atomic E-state index is 13.6. The molecule has 0 fully saturated rings. The van der Waals surface area contributed by atoms with E-state index < -0.39 is 6.04 Å². The van der Waals surface area contributed by atoms with Gasteiger partial charge in [-0.1, -0.05) is 44.5 Å². The molecule has 0 bridgehead atoms. The van der Waals surface area contributed by atoms with Gasteiger partial charge in [-0.15, -0.1) is 0 Å². The first-order valence-corrected chi connectivity index (χ1v) is 11.7. The molecule has 34 heavy (non-hydrogen) atoms. The number of carbonyl (C=O) groups excluding carboxylic acids is 1. The molecule has 0 aliphatic heterocycles. The molecule has 1 unspecified atom stereocenters. The largest absolute Gasteiger partial charge is 0.495 e. The Morgan fingerprint density at radius 3 is 2.56 bits per heavy atom. The molecule has 0 spiro atoms. The van der Waals surface area contributed by atoms with E-state index in [1.807, 2.05) is 37.3 Å². The summed E-state index contributed by atoms with van der Waals surface area (Å²) in [7, 11) is 3.17. The maximum Gasteiger partial charge on any atom is 0.322 e. The van der Waals surface area contributed by atoms with Gasteiger partial charge in [0, 0.05) is 13.7 Å². The summed E-state index contributed by atoms with van der Waals surface area (Å²) in [6.07, 6.45) is 2.35. The van der Waals surface area contributed by atoms with Crippen LogP contribution in [0.4, 0.5) is 10.5 Å². The molecule has 8 heteroatoms. The Hall–Kier alpha value is -3.39. The minimum atomic E-state index is -0.393. The third-order valence-electron chi connectivity index (χ3n) is 5.83. The van der Waals surface area contributed by atoms with Crippen molar-refractivity contribution in [1.82, 2.24) is 14.5 Å². The monoisotopic (exact) mass is 466 g/mol. The number of rotatable bonds is 11. The zero-order valence-corrected chi connectivity index (χ0v) is 20.4.